The molecule has 0 aromatic rings. The minimum absolute atomic E-state index is 0.0336. The number of quaternary nitrogens is 1. The van der Waals surface area contributed by atoms with Crippen LogP contribution in [-0.4, -0.2) is 74.9 Å². The largest absolute Gasteiger partial charge is 0.472 e. The average molecular weight is 885 g/mol. The molecule has 61 heavy (non-hydrogen) atoms. The lowest BCUT2D eigenvalue weighted by Crippen LogP contribution is -2.37. The predicted octanol–water partition coefficient (Wildman–Crippen LogP) is 15.1. The fourth-order valence-corrected chi connectivity index (χ4v) is 7.96. The van der Waals surface area contributed by atoms with Crippen molar-refractivity contribution < 1.29 is 42.1 Å². The fourth-order valence-electron chi connectivity index (χ4n) is 7.22. The van der Waals surface area contributed by atoms with Crippen molar-refractivity contribution in [1.29, 1.82) is 0 Å². The predicted molar refractivity (Wildman–Crippen MR) is 257 cm³/mol. The highest BCUT2D eigenvalue weighted by Gasteiger charge is 2.27. The van der Waals surface area contributed by atoms with Gasteiger partial charge in [-0.2, -0.15) is 0 Å². The number of hydrogen-bond donors (Lipinski definition) is 1. The summed E-state index contributed by atoms with van der Waals surface area (Å²) in [5.41, 5.74) is 0. The van der Waals surface area contributed by atoms with Crippen LogP contribution >= 0.6 is 7.82 Å². The number of likely N-dealkylation sites (N-methyl/N-ethyl adjacent to an activating group) is 1. The molecule has 2 atom stereocenters. The Balaban J connectivity index is 4.21. The van der Waals surface area contributed by atoms with E-state index in [-0.39, 0.29) is 25.6 Å². The van der Waals surface area contributed by atoms with Crippen LogP contribution in [0.25, 0.3) is 0 Å². The molecule has 0 aliphatic heterocycles. The van der Waals surface area contributed by atoms with E-state index in [9.17, 15) is 19.0 Å². The molecule has 2 unspecified atom stereocenters. The Morgan fingerprint density at radius 3 is 1.30 bits per heavy atom. The summed E-state index contributed by atoms with van der Waals surface area (Å²) in [7, 11) is 1.49. The molecule has 360 valence electrons. The molecule has 0 saturated heterocycles. The van der Waals surface area contributed by atoms with Gasteiger partial charge in [-0.05, 0) is 44.9 Å². The molecule has 10 heteroatoms. The van der Waals surface area contributed by atoms with Gasteiger partial charge in [-0.1, -0.05) is 205 Å². The number of unbranched alkanes of at least 4 members (excludes halogenated alkanes) is 29. The number of hydrogen-bond acceptors (Lipinski definition) is 7. The number of carbonyl (C=O) groups excluding carboxylic acids is 2. The third kappa shape index (κ3) is 47.8. The van der Waals surface area contributed by atoms with E-state index in [1.54, 1.807) is 0 Å². The number of nitrogens with zero attached hydrogens (tertiary/aromatic N) is 1. The highest BCUT2D eigenvalue weighted by molar-refractivity contribution is 7.47. The molecule has 0 radical (unpaired) electrons. The second-order valence-electron chi connectivity index (χ2n) is 18.6. The van der Waals surface area contributed by atoms with Crippen LogP contribution in [-0.2, 0) is 32.7 Å². The number of ether oxygens (including phenoxy) is 2. The van der Waals surface area contributed by atoms with Crippen LogP contribution in [0.15, 0.2) is 24.3 Å². The molecule has 0 spiro atoms. The lowest BCUT2D eigenvalue weighted by molar-refractivity contribution is -0.870. The van der Waals surface area contributed by atoms with Gasteiger partial charge in [0.2, 0.25) is 0 Å². The van der Waals surface area contributed by atoms with Crippen molar-refractivity contribution in [2.24, 2.45) is 0 Å². The zero-order valence-corrected chi connectivity index (χ0v) is 41.6. The van der Waals surface area contributed by atoms with Crippen molar-refractivity contribution in [3.05, 3.63) is 24.3 Å². The van der Waals surface area contributed by atoms with E-state index in [2.05, 4.69) is 38.2 Å². The Morgan fingerprint density at radius 1 is 0.508 bits per heavy atom. The molecule has 1 N–H and O–H groups in total. The van der Waals surface area contributed by atoms with Gasteiger partial charge in [0.25, 0.3) is 0 Å². The highest BCUT2D eigenvalue weighted by Crippen LogP contribution is 2.43. The first kappa shape index (κ1) is 59.5. The molecule has 0 heterocycles. The summed E-state index contributed by atoms with van der Waals surface area (Å²) in [6.07, 6.45) is 49.4. The van der Waals surface area contributed by atoms with Crippen molar-refractivity contribution >= 4 is 19.8 Å². The van der Waals surface area contributed by atoms with Crippen LogP contribution in [0.1, 0.15) is 239 Å². The molecule has 0 aliphatic rings. The summed E-state index contributed by atoms with van der Waals surface area (Å²) in [5.74, 6) is -0.789. The number of phosphoric ester groups is 1. The molecule has 0 aliphatic carbocycles. The van der Waals surface area contributed by atoms with E-state index < -0.39 is 26.5 Å². The molecule has 0 saturated carbocycles. The van der Waals surface area contributed by atoms with E-state index in [1.807, 2.05) is 21.1 Å². The minimum Gasteiger partial charge on any atom is -0.462 e. The zero-order chi connectivity index (χ0) is 45.0. The van der Waals surface area contributed by atoms with Crippen LogP contribution in [0.3, 0.4) is 0 Å². The normalized spacial score (nSPS) is 13.6. The van der Waals surface area contributed by atoms with E-state index >= 15 is 0 Å². The molecule has 0 rings (SSSR count). The van der Waals surface area contributed by atoms with Crippen molar-refractivity contribution in [3.63, 3.8) is 0 Å². The van der Waals surface area contributed by atoms with Crippen LogP contribution in [0.2, 0.25) is 0 Å². The van der Waals surface area contributed by atoms with E-state index in [4.69, 9.17) is 18.5 Å². The van der Waals surface area contributed by atoms with E-state index in [0.717, 1.165) is 38.5 Å². The SMILES string of the molecule is CCCCCCC/C=C\C/C=C\CCCCCCCCCCCCCC(=O)OC(COC(=O)CCCCCCCCCCCCCCCC)COP(=O)(O)OCC[N+](C)(C)C. The number of carbonyl (C=O) groups is 2. The van der Waals surface area contributed by atoms with E-state index in [1.165, 1.54) is 167 Å². The molecular formula is C51H99NO8P+. The summed E-state index contributed by atoms with van der Waals surface area (Å²) in [5, 5.41) is 0. The Kier molecular flexibility index (Phi) is 42.6. The van der Waals surface area contributed by atoms with Gasteiger partial charge in [0, 0.05) is 12.8 Å². The van der Waals surface area contributed by atoms with Crippen LogP contribution < -0.4 is 0 Å². The summed E-state index contributed by atoms with van der Waals surface area (Å²) < 4.78 is 34.4. The van der Waals surface area contributed by atoms with Gasteiger partial charge in [0.1, 0.15) is 19.8 Å². The Morgan fingerprint density at radius 2 is 0.885 bits per heavy atom. The van der Waals surface area contributed by atoms with Crippen molar-refractivity contribution in [3.8, 4) is 0 Å². The number of allylic oxidation sites excluding steroid dienone is 4. The van der Waals surface area contributed by atoms with E-state index in [0.29, 0.717) is 23.9 Å². The van der Waals surface area contributed by atoms with Gasteiger partial charge in [0.05, 0.1) is 27.7 Å². The quantitative estimate of drug-likeness (QED) is 0.0212. The highest BCUT2D eigenvalue weighted by atomic mass is 31.2. The average Bonchev–Trinajstić information content (AvgIpc) is 3.21. The number of rotatable bonds is 47. The van der Waals surface area contributed by atoms with Gasteiger partial charge < -0.3 is 18.9 Å². The summed E-state index contributed by atoms with van der Waals surface area (Å²) >= 11 is 0. The third-order valence-corrected chi connectivity index (χ3v) is 12.2. The topological polar surface area (TPSA) is 108 Å². The van der Waals surface area contributed by atoms with Crippen LogP contribution in [0, 0.1) is 0 Å². The van der Waals surface area contributed by atoms with Crippen LogP contribution in [0.4, 0.5) is 0 Å². The van der Waals surface area contributed by atoms with Crippen molar-refractivity contribution in [2.45, 2.75) is 245 Å². The Labute approximate surface area is 377 Å². The first-order chi connectivity index (χ1) is 29.5. The van der Waals surface area contributed by atoms with Gasteiger partial charge in [-0.3, -0.25) is 18.6 Å². The number of phosphoric acid groups is 1. The van der Waals surface area contributed by atoms with Gasteiger partial charge in [-0.25, -0.2) is 4.57 Å². The third-order valence-electron chi connectivity index (χ3n) is 11.2. The fraction of sp³-hybridized carbons (Fsp3) is 0.882. The summed E-state index contributed by atoms with van der Waals surface area (Å²) in [6, 6.07) is 0. The molecule has 0 aromatic carbocycles. The minimum atomic E-state index is -4.38. The molecule has 0 amide bonds. The Hall–Kier alpha value is -1.51. The van der Waals surface area contributed by atoms with Gasteiger partial charge in [-0.15, -0.1) is 0 Å². The van der Waals surface area contributed by atoms with Gasteiger partial charge >= 0.3 is 19.8 Å². The standard InChI is InChI=1S/C51H98NO8P/c1-6-8-10-12-14-16-18-20-22-23-24-25-26-27-28-29-30-32-34-36-38-40-42-44-51(54)60-49(48-59-61(55,56)58-46-45-52(3,4)5)47-57-50(53)43-41-39-37-35-33-31-21-19-17-15-13-11-9-7-2/h18,20,23-24,49H,6-17,19,21-22,25-48H2,1-5H3/p+1/b20-18-,24-23-. The monoisotopic (exact) mass is 885 g/mol. The zero-order valence-electron chi connectivity index (χ0n) is 40.7. The Bertz CT molecular complexity index is 1090. The smallest absolute Gasteiger partial charge is 0.462 e. The molecule has 0 aromatic heterocycles. The summed E-state index contributed by atoms with van der Waals surface area (Å²) in [6.45, 7) is 4.45. The maximum absolute atomic E-state index is 12.8. The first-order valence-electron chi connectivity index (χ1n) is 25.6. The van der Waals surface area contributed by atoms with Gasteiger partial charge in [0.15, 0.2) is 6.10 Å². The molecular weight excluding hydrogens is 786 g/mol. The molecule has 0 bridgehead atoms. The maximum Gasteiger partial charge on any atom is 0.472 e. The molecule has 0 fully saturated rings. The molecule has 9 nitrogen and oxygen atoms in total. The lowest BCUT2D eigenvalue weighted by atomic mass is 10.0. The second kappa shape index (κ2) is 43.7. The second-order valence-corrected chi connectivity index (χ2v) is 20.0. The summed E-state index contributed by atoms with van der Waals surface area (Å²) in [4.78, 5) is 35.5. The first-order valence-corrected chi connectivity index (χ1v) is 27.1. The van der Waals surface area contributed by atoms with Crippen LogP contribution in [0.5, 0.6) is 0 Å². The lowest BCUT2D eigenvalue weighted by Gasteiger charge is -2.24. The maximum atomic E-state index is 12.8. The number of esters is 2. The van der Waals surface area contributed by atoms with Crippen molar-refractivity contribution in [2.75, 3.05) is 47.5 Å². The van der Waals surface area contributed by atoms with Crippen molar-refractivity contribution in [1.82, 2.24) is 0 Å².